The molecule has 0 saturated carbocycles. The highest BCUT2D eigenvalue weighted by Crippen LogP contribution is 1.64. The summed E-state index contributed by atoms with van der Waals surface area (Å²) in [7, 11) is 0. The Balaban J connectivity index is 0. The number of nitrogens with one attached hydrogen (secondary N) is 1. The Hall–Kier alpha value is -0.600. The second-order valence-electron chi connectivity index (χ2n) is 2.02. The molecule has 2 heteroatoms. The largest absolute Gasteiger partial charge is 0.382 e. The summed E-state index contributed by atoms with van der Waals surface area (Å²) in [5.74, 6) is 0. The summed E-state index contributed by atoms with van der Waals surface area (Å²) in [4.78, 5) is 0. The number of rotatable bonds is 6. The first-order valence-electron chi connectivity index (χ1n) is 4.33. The molecule has 0 rings (SSSR count). The first kappa shape index (κ1) is 14.0. The van der Waals surface area contributed by atoms with Crippen molar-refractivity contribution in [2.24, 2.45) is 0 Å². The lowest BCUT2D eigenvalue weighted by atomic mass is 10.5. The van der Waals surface area contributed by atoms with Crippen LogP contribution in [0.1, 0.15) is 13.8 Å². The lowest BCUT2D eigenvalue weighted by Crippen LogP contribution is -2.11. The van der Waals surface area contributed by atoms with E-state index in [1.165, 1.54) is 0 Å². The maximum Gasteiger partial charge on any atom is 0.0437 e. The highest BCUT2D eigenvalue weighted by Gasteiger charge is 1.69. The molecule has 0 radical (unpaired) electrons. The van der Waals surface area contributed by atoms with Crippen molar-refractivity contribution in [1.29, 1.82) is 0 Å². The summed E-state index contributed by atoms with van der Waals surface area (Å²) in [5.41, 5.74) is 0. The van der Waals surface area contributed by atoms with Gasteiger partial charge in [-0.2, -0.15) is 0 Å². The first-order chi connectivity index (χ1) is 5.83. The Morgan fingerprint density at radius 1 is 1.08 bits per heavy atom. The zero-order valence-electron chi connectivity index (χ0n) is 8.31. The van der Waals surface area contributed by atoms with Gasteiger partial charge in [0.05, 0.1) is 0 Å². The van der Waals surface area contributed by atoms with Gasteiger partial charge < -0.3 is 10.1 Å². The molecule has 0 amide bonds. The minimum Gasteiger partial charge on any atom is -0.382 e. The Morgan fingerprint density at radius 2 is 1.50 bits per heavy atom. The Morgan fingerprint density at radius 3 is 1.67 bits per heavy atom. The van der Waals surface area contributed by atoms with Gasteiger partial charge in [-0.15, -0.1) is 13.2 Å². The molecule has 0 aliphatic carbocycles. The van der Waals surface area contributed by atoms with Crippen LogP contribution in [0.4, 0.5) is 0 Å². The van der Waals surface area contributed by atoms with Crippen LogP contribution in [0.5, 0.6) is 0 Å². The van der Waals surface area contributed by atoms with E-state index >= 15 is 0 Å². The maximum atomic E-state index is 4.83. The SMILES string of the molecule is C=CCNCC=C.CCOCC. The van der Waals surface area contributed by atoms with Crippen molar-refractivity contribution >= 4 is 0 Å². The van der Waals surface area contributed by atoms with Gasteiger partial charge >= 0.3 is 0 Å². The molecule has 0 fully saturated rings. The number of hydrogen-bond acceptors (Lipinski definition) is 2. The lowest BCUT2D eigenvalue weighted by Gasteiger charge is -1.90. The van der Waals surface area contributed by atoms with Gasteiger partial charge in [-0.05, 0) is 13.8 Å². The van der Waals surface area contributed by atoms with Gasteiger partial charge in [-0.3, -0.25) is 0 Å². The van der Waals surface area contributed by atoms with Crippen LogP contribution in [-0.4, -0.2) is 26.3 Å². The predicted octanol–water partition coefficient (Wildman–Crippen LogP) is 1.99. The molecule has 1 N–H and O–H groups in total. The molecule has 0 aliphatic heterocycles. The highest BCUT2D eigenvalue weighted by atomic mass is 16.5. The van der Waals surface area contributed by atoms with Crippen LogP contribution in [-0.2, 0) is 4.74 Å². The summed E-state index contributed by atoms with van der Waals surface area (Å²) >= 11 is 0. The van der Waals surface area contributed by atoms with Gasteiger partial charge in [-0.25, -0.2) is 0 Å². The molecular weight excluding hydrogens is 150 g/mol. The van der Waals surface area contributed by atoms with Gasteiger partial charge in [0, 0.05) is 26.3 Å². The second kappa shape index (κ2) is 16.8. The molecule has 0 aromatic rings. The average molecular weight is 171 g/mol. The van der Waals surface area contributed by atoms with Crippen molar-refractivity contribution in [3.05, 3.63) is 25.3 Å². The Bertz CT molecular complexity index is 81.8. The summed E-state index contributed by atoms with van der Waals surface area (Å²) in [6.45, 7) is 14.5. The van der Waals surface area contributed by atoms with Crippen LogP contribution in [0, 0.1) is 0 Å². The minimum absolute atomic E-state index is 0.844. The standard InChI is InChI=1S/C6H11N.C4H10O/c1-3-5-7-6-4-2;1-3-5-4-2/h3-4,7H,1-2,5-6H2;3-4H2,1-2H3. The first-order valence-corrected chi connectivity index (χ1v) is 4.33. The Labute approximate surface area is 76.3 Å². The van der Waals surface area contributed by atoms with Gasteiger partial charge in [0.25, 0.3) is 0 Å². The highest BCUT2D eigenvalue weighted by molar-refractivity contribution is 4.75. The van der Waals surface area contributed by atoms with Crippen molar-refractivity contribution in [3.63, 3.8) is 0 Å². The summed E-state index contributed by atoms with van der Waals surface area (Å²) < 4.78 is 4.83. The van der Waals surface area contributed by atoms with Gasteiger partial charge in [0.2, 0.25) is 0 Å². The molecule has 0 spiro atoms. The van der Waals surface area contributed by atoms with E-state index in [-0.39, 0.29) is 0 Å². The molecule has 0 saturated heterocycles. The van der Waals surface area contributed by atoms with Crippen molar-refractivity contribution in [2.75, 3.05) is 26.3 Å². The van der Waals surface area contributed by atoms with Crippen LogP contribution >= 0.6 is 0 Å². The fraction of sp³-hybridized carbons (Fsp3) is 0.600. The quantitative estimate of drug-likeness (QED) is 0.487. The van der Waals surface area contributed by atoms with E-state index in [4.69, 9.17) is 4.74 Å². The van der Waals surface area contributed by atoms with E-state index in [1.54, 1.807) is 0 Å². The molecule has 0 aromatic carbocycles. The van der Waals surface area contributed by atoms with E-state index < -0.39 is 0 Å². The summed E-state index contributed by atoms with van der Waals surface area (Å²) in [6, 6.07) is 0. The van der Waals surface area contributed by atoms with Crippen molar-refractivity contribution in [2.45, 2.75) is 13.8 Å². The van der Waals surface area contributed by atoms with Crippen LogP contribution in [0.15, 0.2) is 25.3 Å². The fourth-order valence-corrected chi connectivity index (χ4v) is 0.492. The maximum absolute atomic E-state index is 4.83. The van der Waals surface area contributed by atoms with Crippen LogP contribution in [0.25, 0.3) is 0 Å². The number of ether oxygens (including phenoxy) is 1. The molecular formula is C10H21NO. The molecule has 72 valence electrons. The molecule has 12 heavy (non-hydrogen) atoms. The van der Waals surface area contributed by atoms with Crippen molar-refractivity contribution in [3.8, 4) is 0 Å². The average Bonchev–Trinajstić information content (AvgIpc) is 2.08. The predicted molar refractivity (Wildman–Crippen MR) is 55.4 cm³/mol. The van der Waals surface area contributed by atoms with E-state index in [1.807, 2.05) is 26.0 Å². The molecule has 0 aliphatic rings. The van der Waals surface area contributed by atoms with E-state index in [0.717, 1.165) is 26.3 Å². The van der Waals surface area contributed by atoms with Gasteiger partial charge in [-0.1, -0.05) is 12.2 Å². The lowest BCUT2D eigenvalue weighted by molar-refractivity contribution is 0.162. The third-order valence-electron chi connectivity index (χ3n) is 0.986. The monoisotopic (exact) mass is 171 g/mol. The van der Waals surface area contributed by atoms with Crippen LogP contribution in [0.3, 0.4) is 0 Å². The molecule has 0 aromatic heterocycles. The molecule has 2 nitrogen and oxygen atoms in total. The molecule has 0 unspecified atom stereocenters. The third kappa shape index (κ3) is 22.7. The van der Waals surface area contributed by atoms with E-state index in [0.29, 0.717) is 0 Å². The van der Waals surface area contributed by atoms with Crippen LogP contribution < -0.4 is 5.32 Å². The topological polar surface area (TPSA) is 21.3 Å². The normalized spacial score (nSPS) is 8.17. The second-order valence-corrected chi connectivity index (χ2v) is 2.02. The van der Waals surface area contributed by atoms with Crippen LogP contribution in [0.2, 0.25) is 0 Å². The van der Waals surface area contributed by atoms with Gasteiger partial charge in [0.1, 0.15) is 0 Å². The number of hydrogen-bond donors (Lipinski definition) is 1. The Kier molecular flexibility index (Phi) is 19.5. The summed E-state index contributed by atoms with van der Waals surface area (Å²) in [5, 5.41) is 3.05. The van der Waals surface area contributed by atoms with E-state index in [9.17, 15) is 0 Å². The summed E-state index contributed by atoms with van der Waals surface area (Å²) in [6.07, 6.45) is 3.65. The minimum atomic E-state index is 0.844. The third-order valence-corrected chi connectivity index (χ3v) is 0.986. The smallest absolute Gasteiger partial charge is 0.0437 e. The zero-order chi connectivity index (χ0) is 9.66. The van der Waals surface area contributed by atoms with Gasteiger partial charge in [0.15, 0.2) is 0 Å². The molecule has 0 atom stereocenters. The fourth-order valence-electron chi connectivity index (χ4n) is 0.492. The van der Waals surface area contributed by atoms with Crippen molar-refractivity contribution < 1.29 is 4.74 Å². The molecule has 0 bridgehead atoms. The van der Waals surface area contributed by atoms with Crippen molar-refractivity contribution in [1.82, 2.24) is 5.32 Å². The molecule has 0 heterocycles. The zero-order valence-corrected chi connectivity index (χ0v) is 8.31. The van der Waals surface area contributed by atoms with E-state index in [2.05, 4.69) is 18.5 Å².